The first-order valence-corrected chi connectivity index (χ1v) is 12.9. The zero-order chi connectivity index (χ0) is 27.4. The summed E-state index contributed by atoms with van der Waals surface area (Å²) in [7, 11) is 1.47. The highest BCUT2D eigenvalue weighted by molar-refractivity contribution is 8.14. The number of thioether (sulfide) groups is 1. The normalized spacial score (nSPS) is 24.6. The standard InChI is InChI=1S/C27H29FN2O7S/c1-27(2,3)37-26(33)30(4)25-29-20-19(28)21(36-23(32)17-13-9-6-10-14-17)18(35-24(20)38-25)15-34-22(31)16-11-7-5-8-12-16/h5-14,18-21,24H,15H2,1-4H3. The number of fused-ring (bicyclic) bond motifs is 1. The van der Waals surface area contributed by atoms with Crippen molar-refractivity contribution in [3.8, 4) is 0 Å². The number of hydrogen-bond acceptors (Lipinski definition) is 9. The lowest BCUT2D eigenvalue weighted by Gasteiger charge is -2.38. The van der Waals surface area contributed by atoms with Gasteiger partial charge in [-0.25, -0.2) is 18.8 Å². The lowest BCUT2D eigenvalue weighted by molar-refractivity contribution is -0.149. The van der Waals surface area contributed by atoms with Crippen molar-refractivity contribution in [2.24, 2.45) is 4.99 Å². The molecule has 0 saturated carbocycles. The molecule has 202 valence electrons. The number of aliphatic imine (C=N–C) groups is 1. The van der Waals surface area contributed by atoms with Crippen LogP contribution in [0.4, 0.5) is 9.18 Å². The molecule has 5 unspecified atom stereocenters. The zero-order valence-electron chi connectivity index (χ0n) is 21.4. The molecule has 5 atom stereocenters. The molecule has 4 rings (SSSR count). The minimum atomic E-state index is -1.79. The quantitative estimate of drug-likeness (QED) is 0.401. The van der Waals surface area contributed by atoms with E-state index in [1.165, 1.54) is 11.9 Å². The molecule has 2 aromatic rings. The van der Waals surface area contributed by atoms with Gasteiger partial charge in [-0.15, -0.1) is 0 Å². The third-order valence-corrected chi connectivity index (χ3v) is 6.88. The summed E-state index contributed by atoms with van der Waals surface area (Å²) in [5.41, 5.74) is -1.02. The molecule has 9 nitrogen and oxygen atoms in total. The molecule has 2 aliphatic rings. The van der Waals surface area contributed by atoms with Crippen LogP contribution in [-0.2, 0) is 18.9 Å². The van der Waals surface area contributed by atoms with Crippen LogP contribution in [0.25, 0.3) is 0 Å². The number of alkyl halides is 1. The Labute approximate surface area is 224 Å². The number of hydrogen-bond donors (Lipinski definition) is 0. The van der Waals surface area contributed by atoms with Gasteiger partial charge in [0, 0.05) is 7.05 Å². The number of amides is 1. The van der Waals surface area contributed by atoms with Gasteiger partial charge in [-0.05, 0) is 45.0 Å². The predicted molar refractivity (Wildman–Crippen MR) is 139 cm³/mol. The Bertz CT molecular complexity index is 1190. The highest BCUT2D eigenvalue weighted by atomic mass is 32.2. The van der Waals surface area contributed by atoms with Gasteiger partial charge in [0.1, 0.15) is 29.8 Å². The average Bonchev–Trinajstić information content (AvgIpc) is 3.33. The lowest BCUT2D eigenvalue weighted by atomic mass is 9.99. The molecule has 0 aliphatic carbocycles. The van der Waals surface area contributed by atoms with E-state index >= 15 is 4.39 Å². The van der Waals surface area contributed by atoms with Gasteiger partial charge in [-0.1, -0.05) is 48.2 Å². The number of halogens is 1. The summed E-state index contributed by atoms with van der Waals surface area (Å²) < 4.78 is 38.3. The third kappa shape index (κ3) is 6.51. The first kappa shape index (κ1) is 27.6. The maximum absolute atomic E-state index is 15.9. The van der Waals surface area contributed by atoms with Crippen molar-refractivity contribution in [1.82, 2.24) is 4.90 Å². The molecule has 0 bridgehead atoms. The Balaban J connectivity index is 1.52. The van der Waals surface area contributed by atoms with Crippen LogP contribution in [0, 0.1) is 0 Å². The molecular weight excluding hydrogens is 515 g/mol. The maximum atomic E-state index is 15.9. The molecule has 0 aromatic heterocycles. The molecule has 0 N–H and O–H groups in total. The summed E-state index contributed by atoms with van der Waals surface area (Å²) in [5, 5.41) is 0.201. The van der Waals surface area contributed by atoms with Crippen LogP contribution in [0.2, 0.25) is 0 Å². The van der Waals surface area contributed by atoms with Crippen LogP contribution >= 0.6 is 11.8 Å². The Hall–Kier alpha value is -3.44. The smallest absolute Gasteiger partial charge is 0.416 e. The van der Waals surface area contributed by atoms with Gasteiger partial charge in [0.05, 0.1) is 11.1 Å². The first-order valence-electron chi connectivity index (χ1n) is 12.0. The van der Waals surface area contributed by atoms with Crippen LogP contribution in [0.5, 0.6) is 0 Å². The van der Waals surface area contributed by atoms with Crippen LogP contribution < -0.4 is 0 Å². The summed E-state index contributed by atoms with van der Waals surface area (Å²) in [5.74, 6) is -1.37. The minimum Gasteiger partial charge on any atom is -0.459 e. The fourth-order valence-corrected chi connectivity index (χ4v) is 4.97. The molecule has 1 saturated heterocycles. The van der Waals surface area contributed by atoms with E-state index in [2.05, 4.69) is 4.99 Å². The van der Waals surface area contributed by atoms with Gasteiger partial charge < -0.3 is 18.9 Å². The van der Waals surface area contributed by atoms with E-state index in [1.54, 1.807) is 81.4 Å². The lowest BCUT2D eigenvalue weighted by Crippen LogP contribution is -2.56. The fraction of sp³-hybridized carbons (Fsp3) is 0.407. The van der Waals surface area contributed by atoms with Crippen molar-refractivity contribution in [2.45, 2.75) is 56.2 Å². The Morgan fingerprint density at radius 3 is 2.16 bits per heavy atom. The molecule has 2 heterocycles. The maximum Gasteiger partial charge on any atom is 0.416 e. The van der Waals surface area contributed by atoms with Crippen LogP contribution in [0.1, 0.15) is 41.5 Å². The van der Waals surface area contributed by atoms with Crippen molar-refractivity contribution in [2.75, 3.05) is 13.7 Å². The summed E-state index contributed by atoms with van der Waals surface area (Å²) >= 11 is 1.04. The average molecular weight is 545 g/mol. The van der Waals surface area contributed by atoms with Crippen molar-refractivity contribution >= 4 is 35.0 Å². The third-order valence-electron chi connectivity index (χ3n) is 5.67. The van der Waals surface area contributed by atoms with E-state index in [4.69, 9.17) is 18.9 Å². The van der Waals surface area contributed by atoms with E-state index < -0.39 is 53.5 Å². The van der Waals surface area contributed by atoms with E-state index in [-0.39, 0.29) is 17.3 Å². The molecule has 0 radical (unpaired) electrons. The van der Waals surface area contributed by atoms with E-state index in [0.717, 1.165) is 11.8 Å². The fourth-order valence-electron chi connectivity index (χ4n) is 3.80. The number of ether oxygens (including phenoxy) is 4. The zero-order valence-corrected chi connectivity index (χ0v) is 22.2. The summed E-state index contributed by atoms with van der Waals surface area (Å²) in [4.78, 5) is 43.4. The van der Waals surface area contributed by atoms with Gasteiger partial charge in [0.25, 0.3) is 0 Å². The van der Waals surface area contributed by atoms with E-state index in [9.17, 15) is 14.4 Å². The van der Waals surface area contributed by atoms with E-state index in [0.29, 0.717) is 5.56 Å². The van der Waals surface area contributed by atoms with Gasteiger partial charge in [0.2, 0.25) is 0 Å². The van der Waals surface area contributed by atoms with Gasteiger partial charge in [-0.3, -0.25) is 9.89 Å². The van der Waals surface area contributed by atoms with Crippen molar-refractivity contribution < 1.29 is 37.7 Å². The minimum absolute atomic E-state index is 0.201. The molecule has 38 heavy (non-hydrogen) atoms. The Morgan fingerprint density at radius 2 is 1.58 bits per heavy atom. The van der Waals surface area contributed by atoms with Gasteiger partial charge in [0.15, 0.2) is 17.4 Å². The Kier molecular flexibility index (Phi) is 8.37. The number of rotatable bonds is 5. The Morgan fingerprint density at radius 1 is 1.00 bits per heavy atom. The molecule has 11 heteroatoms. The van der Waals surface area contributed by atoms with Crippen LogP contribution in [0.15, 0.2) is 65.7 Å². The largest absolute Gasteiger partial charge is 0.459 e. The van der Waals surface area contributed by atoms with Gasteiger partial charge in [-0.2, -0.15) is 0 Å². The molecule has 1 amide bonds. The highest BCUT2D eigenvalue weighted by Gasteiger charge is 2.53. The van der Waals surface area contributed by atoms with Crippen molar-refractivity contribution in [3.05, 3.63) is 71.8 Å². The van der Waals surface area contributed by atoms with Crippen molar-refractivity contribution in [3.63, 3.8) is 0 Å². The summed E-state index contributed by atoms with van der Waals surface area (Å²) in [6, 6.07) is 15.4. The second kappa shape index (κ2) is 11.5. The number of benzene rings is 2. The first-order chi connectivity index (χ1) is 18.0. The number of nitrogens with zero attached hydrogens (tertiary/aromatic N) is 2. The molecule has 1 fully saturated rings. The second-order valence-electron chi connectivity index (χ2n) is 9.75. The second-order valence-corrected chi connectivity index (χ2v) is 10.8. The summed E-state index contributed by atoms with van der Waals surface area (Å²) in [6.45, 7) is 4.84. The molecule has 2 aromatic carbocycles. The number of carbonyl (C=O) groups is 3. The SMILES string of the molecule is CN(C(=O)OC(C)(C)C)C1=NC2C(OC(COC(=O)c3ccccc3)C(OC(=O)c3ccccc3)C2F)S1. The number of carbonyl (C=O) groups excluding carboxylic acids is 3. The molecular formula is C27H29FN2O7S. The van der Waals surface area contributed by atoms with Gasteiger partial charge >= 0.3 is 18.0 Å². The van der Waals surface area contributed by atoms with Crippen LogP contribution in [-0.4, -0.2) is 77.2 Å². The molecule has 2 aliphatic heterocycles. The topological polar surface area (TPSA) is 104 Å². The van der Waals surface area contributed by atoms with E-state index in [1.807, 2.05) is 0 Å². The summed E-state index contributed by atoms with van der Waals surface area (Å²) in [6.07, 6.45) is -4.97. The van der Waals surface area contributed by atoms with Crippen LogP contribution in [0.3, 0.4) is 0 Å². The molecule has 0 spiro atoms. The van der Waals surface area contributed by atoms with Crippen molar-refractivity contribution in [1.29, 1.82) is 0 Å². The highest BCUT2D eigenvalue weighted by Crippen LogP contribution is 2.40. The number of amidine groups is 1. The number of esters is 2. The monoisotopic (exact) mass is 544 g/mol. The predicted octanol–water partition coefficient (Wildman–Crippen LogP) is 4.47.